The van der Waals surface area contributed by atoms with E-state index >= 15 is 0 Å². The highest BCUT2D eigenvalue weighted by molar-refractivity contribution is 5.60. The summed E-state index contributed by atoms with van der Waals surface area (Å²) in [4.78, 5) is 1.91. The van der Waals surface area contributed by atoms with Crippen LogP contribution in [0.3, 0.4) is 0 Å². The fourth-order valence-electron chi connectivity index (χ4n) is 2.43. The first-order valence-electron chi connectivity index (χ1n) is 6.84. The van der Waals surface area contributed by atoms with Gasteiger partial charge in [0.05, 0.1) is 13.2 Å². The molecule has 0 bridgehead atoms. The monoisotopic (exact) mass is 289 g/mol. The molecule has 3 nitrogen and oxygen atoms in total. The highest BCUT2D eigenvalue weighted by atomic mass is 19.1. The molecule has 0 fully saturated rings. The van der Waals surface area contributed by atoms with Crippen molar-refractivity contribution in [2.45, 2.75) is 19.6 Å². The minimum atomic E-state index is -0.667. The van der Waals surface area contributed by atoms with Crippen molar-refractivity contribution in [3.05, 3.63) is 59.4 Å². The third-order valence-corrected chi connectivity index (χ3v) is 3.46. The Bertz CT molecular complexity index is 613. The fourth-order valence-corrected chi connectivity index (χ4v) is 2.43. The maximum absolute atomic E-state index is 13.8. The van der Waals surface area contributed by atoms with E-state index in [2.05, 4.69) is 0 Å². The Morgan fingerprint density at radius 2 is 1.90 bits per heavy atom. The lowest BCUT2D eigenvalue weighted by atomic mass is 10.1. The van der Waals surface area contributed by atoms with Crippen LogP contribution >= 0.6 is 0 Å². The Kier molecular flexibility index (Phi) is 4.81. The van der Waals surface area contributed by atoms with E-state index in [1.54, 1.807) is 26.2 Å². The molecule has 1 unspecified atom stereocenters. The van der Waals surface area contributed by atoms with Crippen molar-refractivity contribution in [3.8, 4) is 5.75 Å². The van der Waals surface area contributed by atoms with Crippen LogP contribution in [0, 0.1) is 5.82 Å². The molecular formula is C17H20FNO2. The summed E-state index contributed by atoms with van der Waals surface area (Å²) in [6.07, 6.45) is -0.667. The molecule has 0 radical (unpaired) electrons. The molecule has 2 aromatic rings. The number of halogens is 1. The topological polar surface area (TPSA) is 32.7 Å². The van der Waals surface area contributed by atoms with Gasteiger partial charge in [-0.25, -0.2) is 4.39 Å². The van der Waals surface area contributed by atoms with Gasteiger partial charge in [-0.05, 0) is 25.1 Å². The third-order valence-electron chi connectivity index (χ3n) is 3.46. The third kappa shape index (κ3) is 3.34. The Hall–Kier alpha value is -2.07. The number of aliphatic hydroxyl groups excluding tert-OH is 1. The zero-order valence-corrected chi connectivity index (χ0v) is 12.5. The molecule has 0 heterocycles. The number of hydrogen-bond donors (Lipinski definition) is 1. The minimum absolute atomic E-state index is 0.231. The second-order valence-corrected chi connectivity index (χ2v) is 5.02. The van der Waals surface area contributed by atoms with Gasteiger partial charge in [-0.2, -0.15) is 0 Å². The lowest BCUT2D eigenvalue weighted by Gasteiger charge is -2.25. The number of methoxy groups -OCH3 is 1. The molecule has 1 N–H and O–H groups in total. The van der Waals surface area contributed by atoms with Crippen LogP contribution in [0.5, 0.6) is 5.75 Å². The summed E-state index contributed by atoms with van der Waals surface area (Å²) in [6, 6.07) is 12.3. The predicted molar refractivity (Wildman–Crippen MR) is 82.1 cm³/mol. The van der Waals surface area contributed by atoms with E-state index in [0.717, 1.165) is 5.69 Å². The second-order valence-electron chi connectivity index (χ2n) is 5.02. The number of aliphatic hydroxyl groups is 1. The first-order chi connectivity index (χ1) is 10.0. The largest absolute Gasteiger partial charge is 0.496 e. The molecule has 0 aliphatic carbocycles. The molecule has 0 spiro atoms. The average molecular weight is 289 g/mol. The molecule has 0 saturated heterocycles. The first-order valence-corrected chi connectivity index (χ1v) is 6.84. The van der Waals surface area contributed by atoms with Crippen LogP contribution in [-0.2, 0) is 6.54 Å². The van der Waals surface area contributed by atoms with Crippen LogP contribution in [0.2, 0.25) is 0 Å². The van der Waals surface area contributed by atoms with Gasteiger partial charge in [-0.3, -0.25) is 0 Å². The molecule has 0 aliphatic rings. The summed E-state index contributed by atoms with van der Waals surface area (Å²) in [5.41, 5.74) is 2.14. The Morgan fingerprint density at radius 3 is 2.52 bits per heavy atom. The molecular weight excluding hydrogens is 269 g/mol. The smallest absolute Gasteiger partial charge is 0.128 e. The van der Waals surface area contributed by atoms with Crippen molar-refractivity contribution in [2.24, 2.45) is 0 Å². The molecule has 112 valence electrons. The fraction of sp³-hybridized carbons (Fsp3) is 0.294. The van der Waals surface area contributed by atoms with E-state index in [0.29, 0.717) is 23.4 Å². The number of benzene rings is 2. The van der Waals surface area contributed by atoms with Crippen LogP contribution in [0.4, 0.5) is 10.1 Å². The summed E-state index contributed by atoms with van der Waals surface area (Å²) in [7, 11) is 3.44. The normalized spacial score (nSPS) is 12.0. The van der Waals surface area contributed by atoms with E-state index in [1.807, 2.05) is 36.2 Å². The summed E-state index contributed by atoms with van der Waals surface area (Å²) in [5, 5.41) is 10.0. The number of rotatable bonds is 5. The SMILES string of the molecule is COc1cccc(N(C)Cc2ccccc2F)c1C(C)O. The average Bonchev–Trinajstić information content (AvgIpc) is 2.48. The van der Waals surface area contributed by atoms with Crippen molar-refractivity contribution in [3.63, 3.8) is 0 Å². The van der Waals surface area contributed by atoms with E-state index in [4.69, 9.17) is 4.74 Å². The summed E-state index contributed by atoms with van der Waals surface area (Å²) in [6.45, 7) is 2.11. The molecule has 21 heavy (non-hydrogen) atoms. The van der Waals surface area contributed by atoms with Gasteiger partial charge < -0.3 is 14.7 Å². The van der Waals surface area contributed by atoms with Crippen LogP contribution in [0.15, 0.2) is 42.5 Å². The van der Waals surface area contributed by atoms with Gasteiger partial charge in [0.25, 0.3) is 0 Å². The van der Waals surface area contributed by atoms with Crippen molar-refractivity contribution in [1.29, 1.82) is 0 Å². The van der Waals surface area contributed by atoms with E-state index < -0.39 is 6.10 Å². The lowest BCUT2D eigenvalue weighted by molar-refractivity contribution is 0.194. The van der Waals surface area contributed by atoms with E-state index in [1.165, 1.54) is 6.07 Å². The van der Waals surface area contributed by atoms with Gasteiger partial charge in [-0.1, -0.05) is 24.3 Å². The Labute approximate surface area is 124 Å². The highest BCUT2D eigenvalue weighted by Crippen LogP contribution is 2.34. The van der Waals surface area contributed by atoms with Gasteiger partial charge in [-0.15, -0.1) is 0 Å². The quantitative estimate of drug-likeness (QED) is 0.914. The first kappa shape index (κ1) is 15.3. The molecule has 0 amide bonds. The van der Waals surface area contributed by atoms with Crippen molar-refractivity contribution >= 4 is 5.69 Å². The predicted octanol–water partition coefficient (Wildman–Crippen LogP) is 3.52. The zero-order chi connectivity index (χ0) is 15.4. The van der Waals surface area contributed by atoms with Crippen molar-refractivity contribution < 1.29 is 14.2 Å². The van der Waals surface area contributed by atoms with Gasteiger partial charge in [0.15, 0.2) is 0 Å². The Balaban J connectivity index is 2.35. The standard InChI is InChI=1S/C17H20FNO2/c1-12(20)17-15(9-6-10-16(17)21-3)19(2)11-13-7-4-5-8-14(13)18/h4-10,12,20H,11H2,1-3H3. The van der Waals surface area contributed by atoms with E-state index in [-0.39, 0.29) is 5.82 Å². The van der Waals surface area contributed by atoms with E-state index in [9.17, 15) is 9.50 Å². The van der Waals surface area contributed by atoms with Crippen LogP contribution in [-0.4, -0.2) is 19.3 Å². The molecule has 0 saturated carbocycles. The summed E-state index contributed by atoms with van der Waals surface area (Å²) < 4.78 is 19.1. The summed E-state index contributed by atoms with van der Waals surface area (Å²) in [5.74, 6) is 0.397. The molecule has 0 aromatic heterocycles. The van der Waals surface area contributed by atoms with Crippen molar-refractivity contribution in [1.82, 2.24) is 0 Å². The zero-order valence-electron chi connectivity index (χ0n) is 12.5. The maximum atomic E-state index is 13.8. The molecule has 2 aromatic carbocycles. The van der Waals surface area contributed by atoms with Crippen LogP contribution in [0.1, 0.15) is 24.2 Å². The number of nitrogens with zero attached hydrogens (tertiary/aromatic N) is 1. The van der Waals surface area contributed by atoms with Gasteiger partial charge in [0.2, 0.25) is 0 Å². The second kappa shape index (κ2) is 6.59. The van der Waals surface area contributed by atoms with Crippen molar-refractivity contribution in [2.75, 3.05) is 19.1 Å². The Morgan fingerprint density at radius 1 is 1.19 bits per heavy atom. The molecule has 2 rings (SSSR count). The molecule has 1 atom stereocenters. The maximum Gasteiger partial charge on any atom is 0.128 e. The number of hydrogen-bond acceptors (Lipinski definition) is 3. The van der Waals surface area contributed by atoms with Gasteiger partial charge in [0.1, 0.15) is 11.6 Å². The number of anilines is 1. The van der Waals surface area contributed by atoms with Gasteiger partial charge in [0, 0.05) is 30.4 Å². The van der Waals surface area contributed by atoms with Gasteiger partial charge >= 0.3 is 0 Å². The molecule has 0 aliphatic heterocycles. The lowest BCUT2D eigenvalue weighted by Crippen LogP contribution is -2.19. The minimum Gasteiger partial charge on any atom is -0.496 e. The van der Waals surface area contributed by atoms with Crippen LogP contribution < -0.4 is 9.64 Å². The van der Waals surface area contributed by atoms with Crippen LogP contribution in [0.25, 0.3) is 0 Å². The number of ether oxygens (including phenoxy) is 1. The molecule has 4 heteroatoms. The highest BCUT2D eigenvalue weighted by Gasteiger charge is 2.17. The summed E-state index contributed by atoms with van der Waals surface area (Å²) >= 11 is 0.